The molecule has 4 aromatic rings. The number of nitrogens with zero attached hydrogens (tertiary/aromatic N) is 2. The predicted molar refractivity (Wildman–Crippen MR) is 118 cm³/mol. The van der Waals surface area contributed by atoms with Gasteiger partial charge < -0.3 is 19.5 Å². The van der Waals surface area contributed by atoms with Crippen LogP contribution in [0.4, 0.5) is 4.39 Å². The standard InChI is InChI=1S/C23H18FN3O5S/c1-13-17-9-20(33-22(17)27(26-13)16-5-3-15(24)4-6-16)23(29)30-11-21(28)25-10-14-2-7-18-19(8-14)32-12-31-18/h2-9H,10-12H2,1H3,(H,25,28). The first kappa shape index (κ1) is 21.0. The topological polar surface area (TPSA) is 91.7 Å². The molecule has 33 heavy (non-hydrogen) atoms. The van der Waals surface area contributed by atoms with E-state index < -0.39 is 18.5 Å². The molecule has 0 bridgehead atoms. The van der Waals surface area contributed by atoms with Gasteiger partial charge in [-0.05, 0) is 55.0 Å². The first-order chi connectivity index (χ1) is 16.0. The highest BCUT2D eigenvalue weighted by Gasteiger charge is 2.19. The minimum absolute atomic E-state index is 0.181. The monoisotopic (exact) mass is 467 g/mol. The summed E-state index contributed by atoms with van der Waals surface area (Å²) in [5, 5.41) is 7.97. The van der Waals surface area contributed by atoms with Crippen molar-refractivity contribution in [2.45, 2.75) is 13.5 Å². The summed E-state index contributed by atoms with van der Waals surface area (Å²) in [4.78, 5) is 25.8. The molecule has 0 fully saturated rings. The minimum Gasteiger partial charge on any atom is -0.454 e. The number of carbonyl (C=O) groups excluding carboxylic acids is 2. The second kappa shape index (κ2) is 8.55. The molecule has 5 rings (SSSR count). The number of carbonyl (C=O) groups is 2. The summed E-state index contributed by atoms with van der Waals surface area (Å²) in [6, 6.07) is 13.0. The van der Waals surface area contributed by atoms with Crippen molar-refractivity contribution in [2.75, 3.05) is 13.4 Å². The maximum Gasteiger partial charge on any atom is 0.348 e. The van der Waals surface area contributed by atoms with Gasteiger partial charge in [-0.1, -0.05) is 6.07 Å². The van der Waals surface area contributed by atoms with E-state index in [1.54, 1.807) is 35.0 Å². The number of benzene rings is 2. The zero-order valence-corrected chi connectivity index (χ0v) is 18.3. The molecule has 0 unspecified atom stereocenters. The number of nitrogens with one attached hydrogen (secondary N) is 1. The molecule has 0 radical (unpaired) electrons. The minimum atomic E-state index is -0.598. The lowest BCUT2D eigenvalue weighted by Gasteiger charge is -2.07. The lowest BCUT2D eigenvalue weighted by Crippen LogP contribution is -2.28. The van der Waals surface area contributed by atoms with Gasteiger partial charge in [-0.15, -0.1) is 11.3 Å². The summed E-state index contributed by atoms with van der Waals surface area (Å²) in [5.74, 6) is -0.0611. The normalized spacial score (nSPS) is 12.2. The van der Waals surface area contributed by atoms with Crippen LogP contribution < -0.4 is 14.8 Å². The van der Waals surface area contributed by atoms with Crippen LogP contribution in [-0.2, 0) is 16.1 Å². The molecule has 1 aliphatic rings. The van der Waals surface area contributed by atoms with Crippen LogP contribution in [0.2, 0.25) is 0 Å². The van der Waals surface area contributed by atoms with E-state index in [-0.39, 0.29) is 19.2 Å². The van der Waals surface area contributed by atoms with Crippen LogP contribution in [0, 0.1) is 12.7 Å². The number of hydrogen-bond acceptors (Lipinski definition) is 7. The van der Waals surface area contributed by atoms with Gasteiger partial charge in [-0.25, -0.2) is 13.9 Å². The molecule has 10 heteroatoms. The molecular formula is C23H18FN3O5S. The van der Waals surface area contributed by atoms with Crippen molar-refractivity contribution in [3.8, 4) is 17.2 Å². The summed E-state index contributed by atoms with van der Waals surface area (Å²) in [6.07, 6.45) is 0. The van der Waals surface area contributed by atoms with E-state index >= 15 is 0 Å². The molecule has 0 spiro atoms. The van der Waals surface area contributed by atoms with Crippen molar-refractivity contribution >= 4 is 33.4 Å². The number of aromatic nitrogens is 2. The zero-order valence-electron chi connectivity index (χ0n) is 17.5. The zero-order chi connectivity index (χ0) is 22.9. The van der Waals surface area contributed by atoms with Crippen LogP contribution in [0.25, 0.3) is 15.9 Å². The quantitative estimate of drug-likeness (QED) is 0.435. The van der Waals surface area contributed by atoms with Crippen LogP contribution in [-0.4, -0.2) is 35.1 Å². The molecule has 168 valence electrons. The van der Waals surface area contributed by atoms with E-state index in [2.05, 4.69) is 10.4 Å². The molecule has 2 aromatic heterocycles. The SMILES string of the molecule is Cc1nn(-c2ccc(F)cc2)c2sc(C(=O)OCC(=O)NCc3ccc4c(c3)OCO4)cc12. The third kappa shape index (κ3) is 4.24. The molecule has 1 N–H and O–H groups in total. The number of aryl methyl sites for hydroxylation is 1. The van der Waals surface area contributed by atoms with Gasteiger partial charge in [0.05, 0.1) is 11.4 Å². The average molecular weight is 467 g/mol. The van der Waals surface area contributed by atoms with Crippen molar-refractivity contribution in [2.24, 2.45) is 0 Å². The Kier molecular flexibility index (Phi) is 5.43. The fourth-order valence-electron chi connectivity index (χ4n) is 3.41. The molecule has 0 atom stereocenters. The maximum atomic E-state index is 13.3. The average Bonchev–Trinajstić information content (AvgIpc) is 3.53. The summed E-state index contributed by atoms with van der Waals surface area (Å²) in [7, 11) is 0. The van der Waals surface area contributed by atoms with E-state index in [0.717, 1.165) is 21.5 Å². The number of thiophene rings is 1. The fraction of sp³-hybridized carbons (Fsp3) is 0.174. The van der Waals surface area contributed by atoms with Crippen LogP contribution in [0.5, 0.6) is 11.5 Å². The maximum absolute atomic E-state index is 13.3. The Morgan fingerprint density at radius 1 is 1.15 bits per heavy atom. The lowest BCUT2D eigenvalue weighted by molar-refractivity contribution is -0.124. The van der Waals surface area contributed by atoms with Crippen molar-refractivity contribution in [3.05, 3.63) is 70.5 Å². The van der Waals surface area contributed by atoms with Gasteiger partial charge in [0.2, 0.25) is 6.79 Å². The lowest BCUT2D eigenvalue weighted by atomic mass is 10.2. The van der Waals surface area contributed by atoms with Crippen molar-refractivity contribution < 1.29 is 28.2 Å². The summed E-state index contributed by atoms with van der Waals surface area (Å²) < 4.78 is 30.7. The molecule has 3 heterocycles. The largest absolute Gasteiger partial charge is 0.454 e. The van der Waals surface area contributed by atoms with Crippen molar-refractivity contribution in [1.29, 1.82) is 0 Å². The Labute approximate surface area is 191 Å². The molecule has 0 aliphatic carbocycles. The molecule has 0 saturated carbocycles. The van der Waals surface area contributed by atoms with E-state index in [1.165, 1.54) is 23.5 Å². The van der Waals surface area contributed by atoms with Crippen molar-refractivity contribution in [3.63, 3.8) is 0 Å². The second-order valence-electron chi connectivity index (χ2n) is 7.34. The van der Waals surface area contributed by atoms with Gasteiger partial charge in [0.25, 0.3) is 5.91 Å². The van der Waals surface area contributed by atoms with E-state index in [1.807, 2.05) is 13.0 Å². The molecular weight excluding hydrogens is 449 g/mol. The Bertz CT molecular complexity index is 1360. The van der Waals surface area contributed by atoms with Gasteiger partial charge in [-0.2, -0.15) is 5.10 Å². The van der Waals surface area contributed by atoms with Crippen LogP contribution >= 0.6 is 11.3 Å². The Hall–Kier alpha value is -3.92. The van der Waals surface area contributed by atoms with Gasteiger partial charge >= 0.3 is 5.97 Å². The number of hydrogen-bond donors (Lipinski definition) is 1. The first-order valence-corrected chi connectivity index (χ1v) is 10.9. The highest BCUT2D eigenvalue weighted by atomic mass is 32.1. The number of amides is 1. The highest BCUT2D eigenvalue weighted by molar-refractivity contribution is 7.20. The summed E-state index contributed by atoms with van der Waals surface area (Å²) >= 11 is 1.20. The van der Waals surface area contributed by atoms with Crippen LogP contribution in [0.3, 0.4) is 0 Å². The van der Waals surface area contributed by atoms with Gasteiger partial charge in [0.15, 0.2) is 18.1 Å². The second-order valence-corrected chi connectivity index (χ2v) is 8.37. The predicted octanol–water partition coefficient (Wildman–Crippen LogP) is 3.74. The smallest absolute Gasteiger partial charge is 0.348 e. The first-order valence-electron chi connectivity index (χ1n) is 10.1. The van der Waals surface area contributed by atoms with Gasteiger partial charge in [-0.3, -0.25) is 4.79 Å². The third-order valence-corrected chi connectivity index (χ3v) is 6.17. The Morgan fingerprint density at radius 3 is 2.76 bits per heavy atom. The molecule has 1 aliphatic heterocycles. The number of ether oxygens (including phenoxy) is 3. The molecule has 2 aromatic carbocycles. The van der Waals surface area contributed by atoms with Crippen molar-refractivity contribution in [1.82, 2.24) is 15.1 Å². The summed E-state index contributed by atoms with van der Waals surface area (Å²) in [6.45, 7) is 1.87. The molecule has 0 saturated heterocycles. The van der Waals surface area contributed by atoms with Gasteiger partial charge in [0.1, 0.15) is 15.5 Å². The van der Waals surface area contributed by atoms with E-state index in [0.29, 0.717) is 22.1 Å². The molecule has 8 nitrogen and oxygen atoms in total. The number of fused-ring (bicyclic) bond motifs is 2. The van der Waals surface area contributed by atoms with Gasteiger partial charge in [0, 0.05) is 11.9 Å². The Morgan fingerprint density at radius 2 is 1.94 bits per heavy atom. The highest BCUT2D eigenvalue weighted by Crippen LogP contribution is 2.33. The number of esters is 1. The van der Waals surface area contributed by atoms with E-state index in [9.17, 15) is 14.0 Å². The summed E-state index contributed by atoms with van der Waals surface area (Å²) in [5.41, 5.74) is 2.24. The number of halogens is 1. The third-order valence-electron chi connectivity index (χ3n) is 5.08. The Balaban J connectivity index is 1.21. The fourth-order valence-corrected chi connectivity index (χ4v) is 4.49. The molecule has 1 amide bonds. The van der Waals surface area contributed by atoms with Crippen LogP contribution in [0.1, 0.15) is 20.9 Å². The van der Waals surface area contributed by atoms with Crippen LogP contribution in [0.15, 0.2) is 48.5 Å². The number of rotatable bonds is 6. The van der Waals surface area contributed by atoms with E-state index in [4.69, 9.17) is 14.2 Å².